The second kappa shape index (κ2) is 3.90. The van der Waals surface area contributed by atoms with Crippen LogP contribution in [0.15, 0.2) is 6.07 Å². The van der Waals surface area contributed by atoms with E-state index in [1.54, 1.807) is 0 Å². The summed E-state index contributed by atoms with van der Waals surface area (Å²) in [6.07, 6.45) is -0.664. The van der Waals surface area contributed by atoms with Crippen LogP contribution in [0.25, 0.3) is 0 Å². The summed E-state index contributed by atoms with van der Waals surface area (Å²) in [4.78, 5) is 10.6. The Hall–Kier alpha value is -1.79. The zero-order valence-electron chi connectivity index (χ0n) is 8.94. The van der Waals surface area contributed by atoms with E-state index in [0.717, 1.165) is 0 Å². The Balaban J connectivity index is 2.31. The molecule has 1 heterocycles. The molecular formula is C10H9F2N2O3-. The van der Waals surface area contributed by atoms with Crippen molar-refractivity contribution in [3.63, 3.8) is 0 Å². The van der Waals surface area contributed by atoms with Gasteiger partial charge in [0.05, 0.1) is 13.1 Å². The highest BCUT2D eigenvalue weighted by Crippen LogP contribution is 2.49. The molecule has 0 radical (unpaired) electrons. The summed E-state index contributed by atoms with van der Waals surface area (Å²) in [5, 5.41) is 17.5. The number of nitrogens with zero attached hydrogens (tertiary/aromatic N) is 2. The summed E-state index contributed by atoms with van der Waals surface area (Å²) in [7, 11) is 1.32. The van der Waals surface area contributed by atoms with Gasteiger partial charge in [-0.05, 0) is 6.07 Å². The standard InChI is InChI=1S/C10H10F2N2O3/c1-17-8-6(5-3-10(11,12)4-5)2-7(9(15)16)13-14-8/h2,5H,3-4H2,1H3,(H,15,16)/p-1. The van der Waals surface area contributed by atoms with Crippen molar-refractivity contribution in [2.24, 2.45) is 0 Å². The van der Waals surface area contributed by atoms with Gasteiger partial charge < -0.3 is 14.6 Å². The predicted molar refractivity (Wildman–Crippen MR) is 49.8 cm³/mol. The van der Waals surface area contributed by atoms with Gasteiger partial charge in [-0.3, -0.25) is 0 Å². The highest BCUT2D eigenvalue weighted by molar-refractivity contribution is 5.83. The topological polar surface area (TPSA) is 75.1 Å². The zero-order chi connectivity index (χ0) is 12.6. The van der Waals surface area contributed by atoms with Crippen LogP contribution in [0.5, 0.6) is 5.88 Å². The number of aromatic carboxylic acids is 1. The minimum atomic E-state index is -2.69. The van der Waals surface area contributed by atoms with E-state index in [1.165, 1.54) is 13.2 Å². The van der Waals surface area contributed by atoms with Crippen molar-refractivity contribution in [2.45, 2.75) is 24.7 Å². The van der Waals surface area contributed by atoms with Crippen molar-refractivity contribution in [1.82, 2.24) is 10.2 Å². The van der Waals surface area contributed by atoms with E-state index in [2.05, 4.69) is 10.2 Å². The molecule has 0 unspecified atom stereocenters. The number of carbonyl (C=O) groups is 1. The van der Waals surface area contributed by atoms with Crippen LogP contribution in [-0.2, 0) is 0 Å². The molecule has 92 valence electrons. The quantitative estimate of drug-likeness (QED) is 0.766. The number of ether oxygens (including phenoxy) is 1. The fourth-order valence-corrected chi connectivity index (χ4v) is 1.83. The highest BCUT2D eigenvalue weighted by Gasteiger charge is 2.47. The number of methoxy groups -OCH3 is 1. The number of halogens is 2. The average Bonchev–Trinajstić information content (AvgIpc) is 2.24. The molecule has 0 bridgehead atoms. The van der Waals surface area contributed by atoms with Crippen molar-refractivity contribution in [3.8, 4) is 5.88 Å². The molecule has 1 saturated carbocycles. The molecule has 7 heteroatoms. The monoisotopic (exact) mass is 243 g/mol. The molecule has 1 aromatic rings. The molecule has 5 nitrogen and oxygen atoms in total. The number of hydrogen-bond acceptors (Lipinski definition) is 5. The number of hydrogen-bond donors (Lipinski definition) is 0. The third-order valence-electron chi connectivity index (χ3n) is 2.72. The van der Waals surface area contributed by atoms with E-state index in [1.807, 2.05) is 0 Å². The molecule has 1 aliphatic rings. The fourth-order valence-electron chi connectivity index (χ4n) is 1.83. The summed E-state index contributed by atoms with van der Waals surface area (Å²) < 4.78 is 30.4. The predicted octanol–water partition coefficient (Wildman–Crippen LogP) is 0.361. The molecule has 0 saturated heterocycles. The molecule has 0 spiro atoms. The molecule has 17 heavy (non-hydrogen) atoms. The van der Waals surface area contributed by atoms with Crippen molar-refractivity contribution in [3.05, 3.63) is 17.3 Å². The maximum atomic E-state index is 12.8. The summed E-state index contributed by atoms with van der Waals surface area (Å²) in [5.41, 5.74) is -0.0383. The Morgan fingerprint density at radius 2 is 2.18 bits per heavy atom. The fraction of sp³-hybridized carbons (Fsp3) is 0.500. The van der Waals surface area contributed by atoms with E-state index in [-0.39, 0.29) is 24.4 Å². The third kappa shape index (κ3) is 2.17. The molecule has 0 N–H and O–H groups in total. The van der Waals surface area contributed by atoms with E-state index in [0.29, 0.717) is 5.56 Å². The van der Waals surface area contributed by atoms with Crippen LogP contribution in [0.2, 0.25) is 0 Å². The Labute approximate surface area is 95.4 Å². The summed E-state index contributed by atoms with van der Waals surface area (Å²) in [5.74, 6) is -4.56. The number of carboxylic acid groups (broad SMARTS) is 1. The lowest BCUT2D eigenvalue weighted by atomic mass is 9.77. The van der Waals surface area contributed by atoms with Gasteiger partial charge in [0.2, 0.25) is 11.8 Å². The summed E-state index contributed by atoms with van der Waals surface area (Å²) >= 11 is 0. The second-order valence-electron chi connectivity index (χ2n) is 3.94. The first-order chi connectivity index (χ1) is 7.93. The SMILES string of the molecule is COc1nnc(C(=O)[O-])cc1C1CC(F)(F)C1. The second-order valence-corrected chi connectivity index (χ2v) is 3.94. The number of carboxylic acids is 1. The van der Waals surface area contributed by atoms with Crippen LogP contribution in [0, 0.1) is 0 Å². The van der Waals surface area contributed by atoms with Gasteiger partial charge in [-0.1, -0.05) is 0 Å². The Bertz CT molecular complexity index is 457. The van der Waals surface area contributed by atoms with E-state index < -0.39 is 17.8 Å². The van der Waals surface area contributed by atoms with E-state index in [4.69, 9.17) is 4.74 Å². The van der Waals surface area contributed by atoms with Crippen LogP contribution >= 0.6 is 0 Å². The van der Waals surface area contributed by atoms with Crippen LogP contribution in [0.3, 0.4) is 0 Å². The number of alkyl halides is 2. The van der Waals surface area contributed by atoms with Crippen LogP contribution in [0.4, 0.5) is 8.78 Å². The largest absolute Gasteiger partial charge is 0.543 e. The third-order valence-corrected chi connectivity index (χ3v) is 2.72. The minimum Gasteiger partial charge on any atom is -0.543 e. The van der Waals surface area contributed by atoms with E-state index >= 15 is 0 Å². The molecule has 0 atom stereocenters. The van der Waals surface area contributed by atoms with Crippen LogP contribution in [0.1, 0.15) is 34.8 Å². The first kappa shape index (κ1) is 11.7. The van der Waals surface area contributed by atoms with Gasteiger partial charge in [-0.2, -0.15) is 0 Å². The highest BCUT2D eigenvalue weighted by atomic mass is 19.3. The summed E-state index contributed by atoms with van der Waals surface area (Å²) in [6.45, 7) is 0. The van der Waals surface area contributed by atoms with Gasteiger partial charge in [0.15, 0.2) is 0 Å². The first-order valence-electron chi connectivity index (χ1n) is 4.94. The van der Waals surface area contributed by atoms with Gasteiger partial charge in [0.1, 0.15) is 5.69 Å². The van der Waals surface area contributed by atoms with Crippen molar-refractivity contribution >= 4 is 5.97 Å². The van der Waals surface area contributed by atoms with Crippen molar-refractivity contribution in [2.75, 3.05) is 7.11 Å². The molecule has 1 aliphatic carbocycles. The van der Waals surface area contributed by atoms with Gasteiger partial charge in [0.25, 0.3) is 0 Å². The maximum Gasteiger partial charge on any atom is 0.249 e. The van der Waals surface area contributed by atoms with E-state index in [9.17, 15) is 18.7 Å². The molecule has 1 aromatic heterocycles. The number of carbonyl (C=O) groups excluding carboxylic acids is 1. The van der Waals surface area contributed by atoms with Gasteiger partial charge >= 0.3 is 0 Å². The average molecular weight is 243 g/mol. The van der Waals surface area contributed by atoms with Crippen LogP contribution in [-0.4, -0.2) is 29.2 Å². The lowest BCUT2D eigenvalue weighted by Crippen LogP contribution is -2.34. The summed E-state index contributed by atoms with van der Waals surface area (Å²) in [6, 6.07) is 1.18. The van der Waals surface area contributed by atoms with Gasteiger partial charge in [-0.15, -0.1) is 10.2 Å². The number of rotatable bonds is 3. The van der Waals surface area contributed by atoms with Crippen molar-refractivity contribution < 1.29 is 23.4 Å². The molecular weight excluding hydrogens is 234 g/mol. The molecule has 2 rings (SSSR count). The smallest absolute Gasteiger partial charge is 0.249 e. The van der Waals surface area contributed by atoms with Gasteiger partial charge in [0, 0.05) is 24.3 Å². The normalized spacial score (nSPS) is 18.5. The Morgan fingerprint density at radius 3 is 2.65 bits per heavy atom. The molecule has 0 aliphatic heterocycles. The van der Waals surface area contributed by atoms with Gasteiger partial charge in [-0.25, -0.2) is 8.78 Å². The minimum absolute atomic E-state index is 0.0792. The van der Waals surface area contributed by atoms with Crippen molar-refractivity contribution in [1.29, 1.82) is 0 Å². The zero-order valence-corrected chi connectivity index (χ0v) is 8.94. The van der Waals surface area contributed by atoms with Crippen LogP contribution < -0.4 is 9.84 Å². The first-order valence-corrected chi connectivity index (χ1v) is 4.94. The molecule has 0 amide bonds. The Morgan fingerprint density at radius 1 is 1.53 bits per heavy atom. The lowest BCUT2D eigenvalue weighted by molar-refractivity contribution is -0.255. The Kier molecular flexibility index (Phi) is 2.68. The lowest BCUT2D eigenvalue weighted by Gasteiger charge is -2.35. The molecule has 0 aromatic carbocycles. The molecule has 1 fully saturated rings. The maximum absolute atomic E-state index is 12.8. The number of aromatic nitrogens is 2.